The molecule has 0 saturated carbocycles. The summed E-state index contributed by atoms with van der Waals surface area (Å²) in [6, 6.07) is 17.5. The second kappa shape index (κ2) is 14.1. The zero-order chi connectivity index (χ0) is 27.5. The summed E-state index contributed by atoms with van der Waals surface area (Å²) in [7, 11) is 1.65. The van der Waals surface area contributed by atoms with Crippen LogP contribution in [0.25, 0.3) is 0 Å². The van der Waals surface area contributed by atoms with Crippen molar-refractivity contribution in [2.24, 2.45) is 5.41 Å². The largest absolute Gasteiger partial charge is 0.497 e. The number of hydrogen-bond donors (Lipinski definition) is 0. The molecule has 0 aliphatic carbocycles. The van der Waals surface area contributed by atoms with E-state index in [2.05, 4.69) is 12.1 Å². The second-order valence-corrected chi connectivity index (χ2v) is 10.9. The van der Waals surface area contributed by atoms with Crippen LogP contribution in [0.2, 0.25) is 0 Å². The van der Waals surface area contributed by atoms with E-state index in [0.29, 0.717) is 25.8 Å². The number of piperidine rings is 1. The number of esters is 1. The first kappa shape index (κ1) is 29.4. The van der Waals surface area contributed by atoms with Crippen molar-refractivity contribution in [3.63, 3.8) is 0 Å². The lowest BCUT2D eigenvalue weighted by Crippen LogP contribution is -2.53. The number of rotatable bonds is 13. The topological polar surface area (TPSA) is 72.9 Å². The van der Waals surface area contributed by atoms with E-state index >= 15 is 0 Å². The lowest BCUT2D eigenvalue weighted by molar-refractivity contribution is -0.164. The lowest BCUT2D eigenvalue weighted by Gasteiger charge is -2.36. The summed E-state index contributed by atoms with van der Waals surface area (Å²) in [4.78, 5) is 41.0. The predicted octanol–water partition coefficient (Wildman–Crippen LogP) is 5.95. The van der Waals surface area contributed by atoms with E-state index in [9.17, 15) is 14.4 Å². The fourth-order valence-electron chi connectivity index (χ4n) is 4.80. The number of Topliss-reactive ketones (excluding diaryl/α,β-unsaturated/α-hetero) is 1. The van der Waals surface area contributed by atoms with Crippen molar-refractivity contribution in [2.75, 3.05) is 13.7 Å². The van der Waals surface area contributed by atoms with Gasteiger partial charge in [0.1, 0.15) is 17.9 Å². The third kappa shape index (κ3) is 8.17. The van der Waals surface area contributed by atoms with Gasteiger partial charge in [-0.25, -0.2) is 4.79 Å². The van der Waals surface area contributed by atoms with Crippen LogP contribution in [0.5, 0.6) is 5.75 Å². The number of nitrogens with zero attached hydrogens (tertiary/aromatic N) is 1. The van der Waals surface area contributed by atoms with Crippen LogP contribution in [0.1, 0.15) is 76.8 Å². The molecule has 2 atom stereocenters. The Morgan fingerprint density at radius 1 is 0.947 bits per heavy atom. The van der Waals surface area contributed by atoms with E-state index in [4.69, 9.17) is 9.47 Å². The van der Waals surface area contributed by atoms with E-state index < -0.39 is 23.1 Å². The summed E-state index contributed by atoms with van der Waals surface area (Å²) in [6.45, 7) is 5.88. The highest BCUT2D eigenvalue weighted by molar-refractivity contribution is 6.38. The number of amides is 1. The molecule has 206 valence electrons. The van der Waals surface area contributed by atoms with E-state index in [1.807, 2.05) is 49.4 Å². The van der Waals surface area contributed by atoms with Gasteiger partial charge in [0.25, 0.3) is 5.91 Å². The highest BCUT2D eigenvalue weighted by atomic mass is 16.5. The summed E-state index contributed by atoms with van der Waals surface area (Å²) >= 11 is 0. The Hall–Kier alpha value is -3.15. The Bertz CT molecular complexity index is 1050. The number of carbonyl (C=O) groups is 3. The van der Waals surface area contributed by atoms with Crippen molar-refractivity contribution in [2.45, 2.75) is 90.7 Å². The van der Waals surface area contributed by atoms with Crippen molar-refractivity contribution in [3.8, 4) is 5.75 Å². The first-order valence-corrected chi connectivity index (χ1v) is 14.0. The zero-order valence-electron chi connectivity index (χ0n) is 23.4. The Labute approximate surface area is 227 Å². The number of benzene rings is 2. The van der Waals surface area contributed by atoms with Gasteiger partial charge >= 0.3 is 5.97 Å². The minimum Gasteiger partial charge on any atom is -0.497 e. The van der Waals surface area contributed by atoms with Gasteiger partial charge in [0.15, 0.2) is 0 Å². The minimum atomic E-state index is -0.749. The molecule has 2 unspecified atom stereocenters. The molecule has 0 N–H and O–H groups in total. The highest BCUT2D eigenvalue weighted by Gasteiger charge is 2.41. The molecule has 1 aliphatic heterocycles. The van der Waals surface area contributed by atoms with Crippen LogP contribution in [0, 0.1) is 5.41 Å². The molecule has 2 aromatic carbocycles. The summed E-state index contributed by atoms with van der Waals surface area (Å²) < 4.78 is 11.4. The summed E-state index contributed by atoms with van der Waals surface area (Å²) in [5, 5.41) is 0. The van der Waals surface area contributed by atoms with Gasteiger partial charge in [0, 0.05) is 12.0 Å². The maximum absolute atomic E-state index is 13.4. The molecular weight excluding hydrogens is 478 g/mol. The fourth-order valence-corrected chi connectivity index (χ4v) is 4.80. The second-order valence-electron chi connectivity index (χ2n) is 10.9. The molecule has 1 heterocycles. The van der Waals surface area contributed by atoms with Gasteiger partial charge in [0.05, 0.1) is 7.11 Å². The monoisotopic (exact) mass is 521 g/mol. The maximum Gasteiger partial charge on any atom is 0.329 e. The summed E-state index contributed by atoms with van der Waals surface area (Å²) in [6.07, 6.45) is 6.43. The third-order valence-corrected chi connectivity index (χ3v) is 7.76. The number of ketones is 1. The van der Waals surface area contributed by atoms with E-state index in [1.165, 1.54) is 10.5 Å². The number of aryl methyl sites for hydroxylation is 2. The van der Waals surface area contributed by atoms with Crippen LogP contribution in [0.3, 0.4) is 0 Å². The van der Waals surface area contributed by atoms with E-state index in [1.54, 1.807) is 21.0 Å². The third-order valence-electron chi connectivity index (χ3n) is 7.76. The molecule has 38 heavy (non-hydrogen) atoms. The van der Waals surface area contributed by atoms with Crippen molar-refractivity contribution >= 4 is 17.7 Å². The van der Waals surface area contributed by atoms with Crippen LogP contribution < -0.4 is 4.74 Å². The number of likely N-dealkylation sites (tertiary alicyclic amines) is 1. The SMILES string of the molecule is CCC(C)(C)C(=O)C(=O)N1CCCCC1C(=O)OC(CCCc1ccccc1)CCc1ccc(OC)cc1. The van der Waals surface area contributed by atoms with Gasteiger partial charge in [0.2, 0.25) is 5.78 Å². The molecule has 2 aromatic rings. The molecule has 0 spiro atoms. The van der Waals surface area contributed by atoms with Gasteiger partial charge in [-0.1, -0.05) is 63.2 Å². The van der Waals surface area contributed by atoms with Crippen LogP contribution in [-0.4, -0.2) is 48.4 Å². The van der Waals surface area contributed by atoms with Crippen molar-refractivity contribution in [3.05, 3.63) is 65.7 Å². The molecular formula is C32H43NO5. The van der Waals surface area contributed by atoms with E-state index in [-0.39, 0.29) is 12.1 Å². The molecule has 6 heteroatoms. The number of carbonyl (C=O) groups excluding carboxylic acids is 3. The molecule has 0 radical (unpaired) electrons. The van der Waals surface area contributed by atoms with Crippen molar-refractivity contribution < 1.29 is 23.9 Å². The first-order chi connectivity index (χ1) is 18.2. The van der Waals surface area contributed by atoms with Gasteiger partial charge in [-0.05, 0) is 81.0 Å². The van der Waals surface area contributed by atoms with Crippen molar-refractivity contribution in [1.82, 2.24) is 4.90 Å². The first-order valence-electron chi connectivity index (χ1n) is 14.0. The highest BCUT2D eigenvalue weighted by Crippen LogP contribution is 2.26. The Kier molecular flexibility index (Phi) is 10.9. The Balaban J connectivity index is 1.68. The normalized spacial score (nSPS) is 16.5. The summed E-state index contributed by atoms with van der Waals surface area (Å²) in [5.74, 6) is -0.571. The van der Waals surface area contributed by atoms with Crippen molar-refractivity contribution in [1.29, 1.82) is 0 Å². The average molecular weight is 522 g/mol. The van der Waals surface area contributed by atoms with Crippen LogP contribution >= 0.6 is 0 Å². The van der Waals surface area contributed by atoms with Gasteiger partial charge in [-0.15, -0.1) is 0 Å². The standard InChI is InChI=1S/C32H43NO5/c1-5-32(2,3)29(34)30(35)33-23-10-9-16-28(33)31(36)38-27(15-11-14-24-12-7-6-8-13-24)22-19-25-17-20-26(37-4)21-18-25/h6-8,12-13,17-18,20-21,27-28H,5,9-11,14-16,19,22-23H2,1-4H3. The molecule has 6 nitrogen and oxygen atoms in total. The Morgan fingerprint density at radius 2 is 1.63 bits per heavy atom. The molecule has 0 bridgehead atoms. The van der Waals surface area contributed by atoms with Gasteiger partial charge in [-0.3, -0.25) is 9.59 Å². The van der Waals surface area contributed by atoms with E-state index in [0.717, 1.165) is 49.8 Å². The molecule has 1 aliphatic rings. The molecule has 0 aromatic heterocycles. The quantitative estimate of drug-likeness (QED) is 0.241. The van der Waals surface area contributed by atoms with Crippen LogP contribution in [0.15, 0.2) is 54.6 Å². The molecule has 1 fully saturated rings. The smallest absolute Gasteiger partial charge is 0.329 e. The molecule has 3 rings (SSSR count). The minimum absolute atomic E-state index is 0.269. The number of methoxy groups -OCH3 is 1. The Morgan fingerprint density at radius 3 is 2.29 bits per heavy atom. The number of hydrogen-bond acceptors (Lipinski definition) is 5. The lowest BCUT2D eigenvalue weighted by atomic mass is 9.84. The molecule has 1 amide bonds. The summed E-state index contributed by atoms with van der Waals surface area (Å²) in [5.41, 5.74) is 1.66. The average Bonchev–Trinajstić information content (AvgIpc) is 2.95. The van der Waals surface area contributed by atoms with Gasteiger partial charge < -0.3 is 14.4 Å². The molecule has 1 saturated heterocycles. The maximum atomic E-state index is 13.4. The van der Waals surface area contributed by atoms with Gasteiger partial charge in [-0.2, -0.15) is 0 Å². The number of ether oxygens (including phenoxy) is 2. The predicted molar refractivity (Wildman–Crippen MR) is 149 cm³/mol. The zero-order valence-corrected chi connectivity index (χ0v) is 23.4. The van der Waals surface area contributed by atoms with Crippen LogP contribution in [-0.2, 0) is 32.0 Å². The fraction of sp³-hybridized carbons (Fsp3) is 0.531. The van der Waals surface area contributed by atoms with Crippen LogP contribution in [0.4, 0.5) is 0 Å².